The lowest BCUT2D eigenvalue weighted by atomic mass is 9.98. The first kappa shape index (κ1) is 21.2. The van der Waals surface area contributed by atoms with Gasteiger partial charge in [0.2, 0.25) is 0 Å². The van der Waals surface area contributed by atoms with Crippen molar-refractivity contribution in [2.24, 2.45) is 0 Å². The van der Waals surface area contributed by atoms with Gasteiger partial charge in [0.25, 0.3) is 0 Å². The molecular weight excluding hydrogens is 414 g/mol. The molecule has 7 heteroatoms. The van der Waals surface area contributed by atoms with E-state index in [4.69, 9.17) is 16.0 Å². The Kier molecular flexibility index (Phi) is 6.39. The van der Waals surface area contributed by atoms with Crippen LogP contribution < -0.4 is 10.6 Å². The highest BCUT2D eigenvalue weighted by atomic mass is 35.5. The number of nitrogens with zero attached hydrogens (tertiary/aromatic N) is 1. The first-order chi connectivity index (χ1) is 15.0. The van der Waals surface area contributed by atoms with Crippen LogP contribution in [0.3, 0.4) is 0 Å². The van der Waals surface area contributed by atoms with E-state index in [2.05, 4.69) is 33.7 Å². The van der Waals surface area contributed by atoms with Crippen LogP contribution in [-0.4, -0.2) is 29.8 Å². The Morgan fingerprint density at radius 2 is 1.90 bits per heavy atom. The van der Waals surface area contributed by atoms with Crippen LogP contribution in [0.1, 0.15) is 28.5 Å². The molecule has 31 heavy (non-hydrogen) atoms. The van der Waals surface area contributed by atoms with Crippen LogP contribution in [0.2, 0.25) is 5.02 Å². The quantitative estimate of drug-likeness (QED) is 0.589. The van der Waals surface area contributed by atoms with Crippen molar-refractivity contribution in [1.82, 2.24) is 10.2 Å². The van der Waals surface area contributed by atoms with Crippen molar-refractivity contribution in [1.29, 1.82) is 0 Å². The first-order valence-electron chi connectivity index (χ1n) is 10.2. The molecule has 0 saturated carbocycles. The summed E-state index contributed by atoms with van der Waals surface area (Å²) in [5.41, 5.74) is 3.99. The minimum atomic E-state index is -0.734. The van der Waals surface area contributed by atoms with Crippen molar-refractivity contribution >= 4 is 29.1 Å². The minimum Gasteiger partial charge on any atom is -0.468 e. The topological polar surface area (TPSA) is 74.6 Å². The van der Waals surface area contributed by atoms with Crippen LogP contribution in [0.25, 0.3) is 0 Å². The third kappa shape index (κ3) is 4.98. The van der Waals surface area contributed by atoms with Crippen LogP contribution in [0.15, 0.2) is 65.3 Å². The van der Waals surface area contributed by atoms with Crippen molar-refractivity contribution in [3.8, 4) is 0 Å². The Bertz CT molecular complexity index is 1080. The molecule has 0 radical (unpaired) electrons. The second-order valence-electron chi connectivity index (χ2n) is 7.65. The third-order valence-electron chi connectivity index (χ3n) is 5.56. The maximum atomic E-state index is 12.4. The summed E-state index contributed by atoms with van der Waals surface area (Å²) in [7, 11) is 0. The second kappa shape index (κ2) is 9.37. The molecule has 1 aliphatic heterocycles. The highest BCUT2D eigenvalue weighted by molar-refractivity contribution is 6.39. The number of carbonyl (C=O) groups excluding carboxylic acids is 2. The first-order valence-corrected chi connectivity index (χ1v) is 10.6. The SMILES string of the molecule is Cc1ccc(NC(=O)C(=O)NC[C@H](c2ccco2)N2CCc3ccccc3C2)cc1Cl. The number of hydrogen-bond acceptors (Lipinski definition) is 4. The molecule has 1 aromatic heterocycles. The van der Waals surface area contributed by atoms with Crippen LogP contribution in [0.4, 0.5) is 5.69 Å². The van der Waals surface area contributed by atoms with Gasteiger partial charge in [-0.15, -0.1) is 0 Å². The van der Waals surface area contributed by atoms with Gasteiger partial charge in [-0.05, 0) is 54.3 Å². The van der Waals surface area contributed by atoms with E-state index in [0.29, 0.717) is 10.7 Å². The molecule has 3 aromatic rings. The van der Waals surface area contributed by atoms with Gasteiger partial charge in [-0.25, -0.2) is 0 Å². The van der Waals surface area contributed by atoms with Gasteiger partial charge in [-0.2, -0.15) is 0 Å². The van der Waals surface area contributed by atoms with Crippen molar-refractivity contribution < 1.29 is 14.0 Å². The van der Waals surface area contributed by atoms with E-state index in [1.165, 1.54) is 11.1 Å². The number of rotatable bonds is 5. The number of amides is 2. The summed E-state index contributed by atoms with van der Waals surface area (Å²) in [6.07, 6.45) is 2.55. The molecule has 2 heterocycles. The molecule has 1 atom stereocenters. The molecule has 1 aliphatic rings. The number of anilines is 1. The Balaban J connectivity index is 1.41. The molecule has 0 spiro atoms. The lowest BCUT2D eigenvalue weighted by Gasteiger charge is -2.34. The Morgan fingerprint density at radius 3 is 2.65 bits per heavy atom. The van der Waals surface area contributed by atoms with Gasteiger partial charge in [-0.3, -0.25) is 14.5 Å². The average Bonchev–Trinajstić information content (AvgIpc) is 3.31. The molecule has 2 amide bonds. The fourth-order valence-corrected chi connectivity index (χ4v) is 3.98. The predicted octanol–water partition coefficient (Wildman–Crippen LogP) is 4.10. The Hall–Kier alpha value is -3.09. The summed E-state index contributed by atoms with van der Waals surface area (Å²) in [5, 5.41) is 5.87. The van der Waals surface area contributed by atoms with Crippen molar-refractivity contribution in [2.45, 2.75) is 25.9 Å². The fourth-order valence-electron chi connectivity index (χ4n) is 3.80. The molecule has 2 aromatic carbocycles. The van der Waals surface area contributed by atoms with Gasteiger partial charge in [-0.1, -0.05) is 41.9 Å². The number of hydrogen-bond donors (Lipinski definition) is 2. The monoisotopic (exact) mass is 437 g/mol. The molecule has 6 nitrogen and oxygen atoms in total. The molecule has 0 unspecified atom stereocenters. The lowest BCUT2D eigenvalue weighted by Crippen LogP contribution is -2.43. The molecule has 160 valence electrons. The zero-order chi connectivity index (χ0) is 21.8. The van der Waals surface area contributed by atoms with E-state index >= 15 is 0 Å². The lowest BCUT2D eigenvalue weighted by molar-refractivity contribution is -0.136. The van der Waals surface area contributed by atoms with E-state index in [9.17, 15) is 9.59 Å². The van der Waals surface area contributed by atoms with Gasteiger partial charge in [0.05, 0.1) is 12.3 Å². The summed E-state index contributed by atoms with van der Waals surface area (Å²) >= 11 is 6.09. The van der Waals surface area contributed by atoms with Gasteiger partial charge in [0.15, 0.2) is 0 Å². The van der Waals surface area contributed by atoms with Gasteiger partial charge < -0.3 is 15.1 Å². The summed E-state index contributed by atoms with van der Waals surface area (Å²) in [5.74, 6) is -0.682. The molecular formula is C24H24ClN3O3. The zero-order valence-corrected chi connectivity index (χ0v) is 18.0. The Labute approximate surface area is 186 Å². The summed E-state index contributed by atoms with van der Waals surface area (Å²) < 4.78 is 5.64. The number of nitrogens with one attached hydrogen (secondary N) is 2. The average molecular weight is 438 g/mol. The molecule has 2 N–H and O–H groups in total. The van der Waals surface area contributed by atoms with Crippen molar-refractivity contribution in [2.75, 3.05) is 18.4 Å². The second-order valence-corrected chi connectivity index (χ2v) is 8.06. The van der Waals surface area contributed by atoms with E-state index in [-0.39, 0.29) is 12.6 Å². The third-order valence-corrected chi connectivity index (χ3v) is 5.97. The number of halogens is 1. The molecule has 0 fully saturated rings. The van der Waals surface area contributed by atoms with Crippen LogP contribution in [-0.2, 0) is 22.6 Å². The van der Waals surface area contributed by atoms with Gasteiger partial charge in [0.1, 0.15) is 5.76 Å². The smallest absolute Gasteiger partial charge is 0.313 e. The normalized spacial score (nSPS) is 14.5. The van der Waals surface area contributed by atoms with E-state index in [0.717, 1.165) is 30.8 Å². The Morgan fingerprint density at radius 1 is 1.10 bits per heavy atom. The van der Waals surface area contributed by atoms with Crippen LogP contribution >= 0.6 is 11.6 Å². The maximum absolute atomic E-state index is 12.4. The van der Waals surface area contributed by atoms with Crippen molar-refractivity contribution in [3.05, 3.63) is 88.3 Å². The molecule has 0 aliphatic carbocycles. The molecule has 0 bridgehead atoms. The highest BCUT2D eigenvalue weighted by Gasteiger charge is 2.27. The standard InChI is InChI=1S/C24H24ClN3O3/c1-16-8-9-19(13-20(16)25)27-24(30)23(29)26-14-21(22-7-4-12-31-22)28-11-10-17-5-2-3-6-18(17)15-28/h2-9,12-13,21H,10-11,14-15H2,1H3,(H,26,29)(H,27,30)/t21-/m1/s1. The van der Waals surface area contributed by atoms with Gasteiger partial charge in [0, 0.05) is 30.3 Å². The number of benzene rings is 2. The number of carbonyl (C=O) groups is 2. The number of fused-ring (bicyclic) bond motifs is 1. The summed E-state index contributed by atoms with van der Waals surface area (Å²) in [4.78, 5) is 27.1. The minimum absolute atomic E-state index is 0.172. The van der Waals surface area contributed by atoms with E-state index in [1.807, 2.05) is 25.1 Å². The predicted molar refractivity (Wildman–Crippen MR) is 120 cm³/mol. The summed E-state index contributed by atoms with van der Waals surface area (Å²) in [6.45, 7) is 3.72. The maximum Gasteiger partial charge on any atom is 0.313 e. The molecule has 0 saturated heterocycles. The van der Waals surface area contributed by atoms with Crippen molar-refractivity contribution in [3.63, 3.8) is 0 Å². The van der Waals surface area contributed by atoms with Crippen LogP contribution in [0, 0.1) is 6.92 Å². The van der Waals surface area contributed by atoms with E-state index < -0.39 is 11.8 Å². The van der Waals surface area contributed by atoms with Gasteiger partial charge >= 0.3 is 11.8 Å². The van der Waals surface area contributed by atoms with Crippen LogP contribution in [0.5, 0.6) is 0 Å². The van der Waals surface area contributed by atoms with E-state index in [1.54, 1.807) is 24.5 Å². The fraction of sp³-hybridized carbons (Fsp3) is 0.250. The highest BCUT2D eigenvalue weighted by Crippen LogP contribution is 2.28. The molecule has 4 rings (SSSR count). The zero-order valence-electron chi connectivity index (χ0n) is 17.2. The largest absolute Gasteiger partial charge is 0.468 e. The number of aryl methyl sites for hydroxylation is 1. The number of furan rings is 1. The summed E-state index contributed by atoms with van der Waals surface area (Å²) in [6, 6.07) is 17.0.